The molecule has 0 bridgehead atoms. The number of hydrogen-bond acceptors (Lipinski definition) is 4. The lowest BCUT2D eigenvalue weighted by molar-refractivity contribution is -0.389. The van der Waals surface area contributed by atoms with E-state index in [1.807, 2.05) is 0 Å². The second-order valence-electron chi connectivity index (χ2n) is 2.79. The predicted octanol–water partition coefficient (Wildman–Crippen LogP) is 2.97. The van der Waals surface area contributed by atoms with Gasteiger partial charge < -0.3 is 4.74 Å². The first kappa shape index (κ1) is 14.0. The third kappa shape index (κ3) is 3.21. The van der Waals surface area contributed by atoms with Crippen LogP contribution in [0.5, 0.6) is 5.88 Å². The summed E-state index contributed by atoms with van der Waals surface area (Å²) >= 11 is 0. The van der Waals surface area contributed by atoms with Crippen molar-refractivity contribution in [1.82, 2.24) is 4.98 Å². The third-order valence-corrected chi connectivity index (χ3v) is 1.59. The molecule has 0 unspecified atom stereocenters. The Labute approximate surface area is 94.1 Å². The van der Waals surface area contributed by atoms with E-state index in [-0.39, 0.29) is 6.07 Å². The number of nitrogens with zero attached hydrogens (tertiary/aromatic N) is 2. The van der Waals surface area contributed by atoms with Crippen LogP contribution in [0, 0.1) is 16.1 Å². The number of hydrogen-bond donors (Lipinski definition) is 0. The van der Waals surface area contributed by atoms with Gasteiger partial charge in [0, 0.05) is 6.07 Å². The average molecular weight is 276 g/mol. The molecule has 18 heavy (non-hydrogen) atoms. The highest BCUT2D eigenvalue weighted by Crippen LogP contribution is 2.34. The third-order valence-electron chi connectivity index (χ3n) is 1.59. The lowest BCUT2D eigenvalue weighted by Gasteiger charge is -2.09. The van der Waals surface area contributed by atoms with Gasteiger partial charge >= 0.3 is 12.0 Å². The Morgan fingerprint density at radius 2 is 1.94 bits per heavy atom. The van der Waals surface area contributed by atoms with Gasteiger partial charge in [0.2, 0.25) is 5.88 Å². The molecule has 0 aliphatic carbocycles. The number of nitro groups is 1. The topological polar surface area (TPSA) is 65.3 Å². The molecule has 0 atom stereocenters. The minimum Gasteiger partial charge on any atom is -0.388 e. The summed E-state index contributed by atoms with van der Waals surface area (Å²) in [6.45, 7) is 0. The van der Waals surface area contributed by atoms with Gasteiger partial charge in [-0.05, 0) is 0 Å². The van der Waals surface area contributed by atoms with Crippen LogP contribution in [0.1, 0.15) is 12.0 Å². The molecule has 1 aromatic heterocycles. The summed E-state index contributed by atoms with van der Waals surface area (Å²) in [7, 11) is 0. The van der Waals surface area contributed by atoms with Crippen molar-refractivity contribution in [2.75, 3.05) is 0 Å². The van der Waals surface area contributed by atoms with Crippen molar-refractivity contribution in [2.24, 2.45) is 0 Å². The van der Waals surface area contributed by atoms with E-state index in [0.717, 1.165) is 0 Å². The zero-order chi connectivity index (χ0) is 14.1. The van der Waals surface area contributed by atoms with Gasteiger partial charge in [-0.15, -0.1) is 13.2 Å². The summed E-state index contributed by atoms with van der Waals surface area (Å²) in [4.78, 5) is 11.2. The average Bonchev–Trinajstić information content (AvgIpc) is 2.12. The minimum atomic E-state index is -5.28. The fourth-order valence-electron chi connectivity index (χ4n) is 1.02. The number of alkyl halides is 5. The van der Waals surface area contributed by atoms with Crippen molar-refractivity contribution in [3.63, 3.8) is 0 Å². The Kier molecular flexibility index (Phi) is 3.62. The maximum Gasteiger partial charge on any atom is 0.574 e. The van der Waals surface area contributed by atoms with Crippen LogP contribution in [0.3, 0.4) is 0 Å². The predicted molar refractivity (Wildman–Crippen MR) is 42.5 cm³/mol. The van der Waals surface area contributed by atoms with Crippen molar-refractivity contribution in [1.29, 1.82) is 0 Å². The van der Waals surface area contributed by atoms with E-state index in [2.05, 4.69) is 9.72 Å². The monoisotopic (exact) mass is 276 g/mol. The Hall–Kier alpha value is -2.07. The van der Waals surface area contributed by atoms with Crippen LogP contribution in [-0.2, 0) is 0 Å². The van der Waals surface area contributed by atoms with Gasteiger partial charge in [0.05, 0.1) is 4.92 Å². The van der Waals surface area contributed by atoms with Crippen molar-refractivity contribution in [2.45, 2.75) is 12.8 Å². The Morgan fingerprint density at radius 3 is 2.33 bits per heavy atom. The van der Waals surface area contributed by atoms with Crippen LogP contribution in [0.25, 0.3) is 0 Å². The molecule has 0 saturated carbocycles. The molecule has 0 aromatic carbocycles. The van der Waals surface area contributed by atoms with E-state index in [9.17, 15) is 36.5 Å². The molecule has 5 nitrogen and oxygen atoms in total. The van der Waals surface area contributed by atoms with Crippen molar-refractivity contribution in [3.8, 4) is 5.88 Å². The number of rotatable bonds is 3. The Balaban J connectivity index is 3.32. The second-order valence-corrected chi connectivity index (χ2v) is 2.79. The molecule has 0 N–H and O–H groups in total. The van der Waals surface area contributed by atoms with E-state index in [4.69, 9.17) is 0 Å². The molecule has 1 aromatic rings. The molecule has 0 aliphatic rings. The fraction of sp³-hybridized carbons (Fsp3) is 0.286. The van der Waals surface area contributed by atoms with E-state index < -0.39 is 40.8 Å². The minimum absolute atomic E-state index is 0.0423. The van der Waals surface area contributed by atoms with Gasteiger partial charge in [0.1, 0.15) is 5.56 Å². The molecule has 0 saturated heterocycles. The van der Waals surface area contributed by atoms with Crippen LogP contribution in [0.4, 0.5) is 32.0 Å². The molecule has 1 heterocycles. The molecule has 0 aliphatic heterocycles. The lowest BCUT2D eigenvalue weighted by Crippen LogP contribution is -2.18. The van der Waals surface area contributed by atoms with Crippen LogP contribution in [0.15, 0.2) is 6.07 Å². The highest BCUT2D eigenvalue weighted by molar-refractivity contribution is 5.42. The van der Waals surface area contributed by atoms with Crippen molar-refractivity contribution >= 4 is 5.69 Å². The quantitative estimate of drug-likeness (QED) is 0.368. The smallest absolute Gasteiger partial charge is 0.388 e. The largest absolute Gasteiger partial charge is 0.574 e. The highest BCUT2D eigenvalue weighted by Gasteiger charge is 2.35. The maximum absolute atomic E-state index is 13.0. The zero-order valence-corrected chi connectivity index (χ0v) is 8.04. The molecule has 0 amide bonds. The highest BCUT2D eigenvalue weighted by atomic mass is 19.4. The summed E-state index contributed by atoms with van der Waals surface area (Å²) in [5.41, 5.74) is -3.24. The van der Waals surface area contributed by atoms with Gasteiger partial charge in [-0.2, -0.15) is 9.37 Å². The van der Waals surface area contributed by atoms with Crippen molar-refractivity contribution in [3.05, 3.63) is 27.7 Å². The number of ether oxygens (including phenoxy) is 1. The van der Waals surface area contributed by atoms with E-state index in [1.54, 1.807) is 0 Å². The first-order valence-corrected chi connectivity index (χ1v) is 4.00. The summed E-state index contributed by atoms with van der Waals surface area (Å²) < 4.78 is 76.0. The summed E-state index contributed by atoms with van der Waals surface area (Å²) in [6, 6.07) is -0.0423. The van der Waals surface area contributed by atoms with E-state index in [0.29, 0.717) is 0 Å². The lowest BCUT2D eigenvalue weighted by atomic mass is 10.2. The SMILES string of the molecule is O=[N+]([O-])c1c(C(F)F)cc(OC(F)(F)F)nc1F. The first-order chi connectivity index (χ1) is 8.11. The molecular weight excluding hydrogens is 274 g/mol. The summed E-state index contributed by atoms with van der Waals surface area (Å²) in [5.74, 6) is -3.63. The molecule has 1 rings (SSSR count). The van der Waals surface area contributed by atoms with Gasteiger partial charge in [-0.3, -0.25) is 10.1 Å². The first-order valence-electron chi connectivity index (χ1n) is 4.00. The van der Waals surface area contributed by atoms with Gasteiger partial charge in [-0.25, -0.2) is 8.78 Å². The van der Waals surface area contributed by atoms with Crippen LogP contribution < -0.4 is 4.74 Å². The molecule has 100 valence electrons. The molecular formula is C7H2F6N2O3. The standard InChI is InChI=1S/C7H2F6N2O3/c8-5(9)2-1-3(18-7(11,12)13)14-6(10)4(2)15(16)17/h1,5H. The van der Waals surface area contributed by atoms with Gasteiger partial charge in [0.15, 0.2) is 0 Å². The molecule has 0 radical (unpaired) electrons. The number of aromatic nitrogens is 1. The molecule has 11 heteroatoms. The summed E-state index contributed by atoms with van der Waals surface area (Å²) in [6.07, 6.45) is -8.84. The van der Waals surface area contributed by atoms with Crippen LogP contribution in [-0.4, -0.2) is 16.3 Å². The number of pyridine rings is 1. The fourth-order valence-corrected chi connectivity index (χ4v) is 1.02. The normalized spacial score (nSPS) is 11.7. The van der Waals surface area contributed by atoms with Crippen molar-refractivity contribution < 1.29 is 36.0 Å². The second kappa shape index (κ2) is 4.66. The van der Waals surface area contributed by atoms with Gasteiger partial charge in [-0.1, -0.05) is 0 Å². The van der Waals surface area contributed by atoms with E-state index >= 15 is 0 Å². The van der Waals surface area contributed by atoms with Crippen LogP contribution >= 0.6 is 0 Å². The molecule has 0 spiro atoms. The molecule has 0 fully saturated rings. The Morgan fingerprint density at radius 1 is 1.39 bits per heavy atom. The Bertz CT molecular complexity index is 475. The zero-order valence-electron chi connectivity index (χ0n) is 8.04. The van der Waals surface area contributed by atoms with E-state index in [1.165, 1.54) is 0 Å². The van der Waals surface area contributed by atoms with Gasteiger partial charge in [0.25, 0.3) is 12.4 Å². The van der Waals surface area contributed by atoms with Crippen LogP contribution in [0.2, 0.25) is 0 Å². The number of halogens is 6. The summed E-state index contributed by atoms with van der Waals surface area (Å²) in [5, 5.41) is 10.3. The maximum atomic E-state index is 13.0.